The topological polar surface area (TPSA) is 59.0 Å². The average Bonchev–Trinajstić information content (AvgIpc) is 2.40. The number of benzene rings is 2. The molecule has 2 aromatic carbocycles. The standard InChI is InChI=1S/C14H8BrF3N2O/c15-10-2-1-3-12(9(10)7-19)21-13-5-4-8(6-11(13)20)14(16,17)18/h1-6H,20H2. The second kappa shape index (κ2) is 5.66. The number of hydrogen-bond donors (Lipinski definition) is 1. The lowest BCUT2D eigenvalue weighted by Gasteiger charge is -2.13. The first-order valence-electron chi connectivity index (χ1n) is 5.66. The van der Waals surface area contributed by atoms with E-state index in [9.17, 15) is 13.2 Å². The fourth-order valence-electron chi connectivity index (χ4n) is 1.63. The number of halogens is 4. The number of anilines is 1. The molecule has 0 aliphatic heterocycles. The van der Waals surface area contributed by atoms with Crippen molar-refractivity contribution in [1.29, 1.82) is 5.26 Å². The molecule has 21 heavy (non-hydrogen) atoms. The van der Waals surface area contributed by atoms with Crippen molar-refractivity contribution in [2.45, 2.75) is 6.18 Å². The summed E-state index contributed by atoms with van der Waals surface area (Å²) in [6, 6.07) is 9.56. The van der Waals surface area contributed by atoms with Gasteiger partial charge >= 0.3 is 6.18 Å². The third kappa shape index (κ3) is 3.28. The Bertz CT molecular complexity index is 723. The van der Waals surface area contributed by atoms with Gasteiger partial charge in [-0.3, -0.25) is 0 Å². The van der Waals surface area contributed by atoms with Crippen LogP contribution >= 0.6 is 15.9 Å². The summed E-state index contributed by atoms with van der Waals surface area (Å²) in [5, 5.41) is 9.06. The predicted molar refractivity (Wildman–Crippen MR) is 74.8 cm³/mol. The largest absolute Gasteiger partial charge is 0.454 e. The zero-order chi connectivity index (χ0) is 15.6. The van der Waals surface area contributed by atoms with Gasteiger partial charge < -0.3 is 10.5 Å². The maximum atomic E-state index is 12.6. The van der Waals surface area contributed by atoms with Crippen molar-refractivity contribution in [3.8, 4) is 17.6 Å². The third-order valence-corrected chi connectivity index (χ3v) is 3.31. The number of alkyl halides is 3. The molecule has 0 atom stereocenters. The number of hydrogen-bond acceptors (Lipinski definition) is 3. The average molecular weight is 357 g/mol. The summed E-state index contributed by atoms with van der Waals surface area (Å²) in [5.74, 6) is 0.260. The van der Waals surface area contributed by atoms with Crippen LogP contribution in [0.3, 0.4) is 0 Å². The quantitative estimate of drug-likeness (QED) is 0.792. The van der Waals surface area contributed by atoms with Crippen LogP contribution in [0.1, 0.15) is 11.1 Å². The van der Waals surface area contributed by atoms with Crippen molar-refractivity contribution >= 4 is 21.6 Å². The van der Waals surface area contributed by atoms with Crippen molar-refractivity contribution in [3.63, 3.8) is 0 Å². The zero-order valence-electron chi connectivity index (χ0n) is 10.4. The van der Waals surface area contributed by atoms with E-state index in [4.69, 9.17) is 15.7 Å². The molecule has 0 fully saturated rings. The lowest BCUT2D eigenvalue weighted by atomic mass is 10.1. The molecule has 0 bridgehead atoms. The highest BCUT2D eigenvalue weighted by Crippen LogP contribution is 2.36. The number of ether oxygens (including phenoxy) is 1. The Morgan fingerprint density at radius 1 is 1.14 bits per heavy atom. The van der Waals surface area contributed by atoms with Crippen LogP contribution in [-0.2, 0) is 6.18 Å². The molecule has 2 rings (SSSR count). The molecule has 108 valence electrons. The fourth-order valence-corrected chi connectivity index (χ4v) is 2.07. The molecule has 0 saturated carbocycles. The maximum Gasteiger partial charge on any atom is 0.416 e. The summed E-state index contributed by atoms with van der Waals surface area (Å²) in [4.78, 5) is 0. The van der Waals surface area contributed by atoms with Crippen molar-refractivity contribution in [3.05, 3.63) is 52.0 Å². The van der Waals surface area contributed by atoms with Gasteiger partial charge in [0.25, 0.3) is 0 Å². The molecule has 0 aliphatic carbocycles. The summed E-state index contributed by atoms with van der Waals surface area (Å²) in [6.45, 7) is 0. The van der Waals surface area contributed by atoms with Crippen molar-refractivity contribution < 1.29 is 17.9 Å². The Labute approximate surface area is 126 Å². The molecular formula is C14H8BrF3N2O. The molecule has 0 spiro atoms. The van der Waals surface area contributed by atoms with Crippen LogP contribution in [0.2, 0.25) is 0 Å². The molecule has 3 nitrogen and oxygen atoms in total. The van der Waals surface area contributed by atoms with Gasteiger partial charge in [0, 0.05) is 4.47 Å². The Balaban J connectivity index is 2.38. The van der Waals surface area contributed by atoms with Gasteiger partial charge in [-0.1, -0.05) is 6.07 Å². The molecule has 0 aromatic heterocycles. The molecule has 7 heteroatoms. The van der Waals surface area contributed by atoms with Crippen LogP contribution in [0.25, 0.3) is 0 Å². The number of nitrogen functional groups attached to an aromatic ring is 1. The minimum Gasteiger partial charge on any atom is -0.454 e. The second-order valence-corrected chi connectivity index (χ2v) is 4.93. The van der Waals surface area contributed by atoms with Crippen LogP contribution < -0.4 is 10.5 Å². The predicted octanol–water partition coefficient (Wildman–Crippen LogP) is 4.71. The highest BCUT2D eigenvalue weighted by molar-refractivity contribution is 9.10. The highest BCUT2D eigenvalue weighted by atomic mass is 79.9. The maximum absolute atomic E-state index is 12.6. The Morgan fingerprint density at radius 3 is 2.43 bits per heavy atom. The van der Waals surface area contributed by atoms with Crippen LogP contribution in [0.4, 0.5) is 18.9 Å². The van der Waals surface area contributed by atoms with Gasteiger partial charge in [0.1, 0.15) is 23.1 Å². The first kappa shape index (κ1) is 15.2. The van der Waals surface area contributed by atoms with E-state index in [-0.39, 0.29) is 22.7 Å². The monoisotopic (exact) mass is 356 g/mol. The van der Waals surface area contributed by atoms with Crippen LogP contribution in [0.5, 0.6) is 11.5 Å². The van der Waals surface area contributed by atoms with Crippen LogP contribution in [-0.4, -0.2) is 0 Å². The molecule has 2 aromatic rings. The van der Waals surface area contributed by atoms with E-state index in [0.717, 1.165) is 18.2 Å². The molecule has 0 radical (unpaired) electrons. The van der Waals surface area contributed by atoms with E-state index < -0.39 is 11.7 Å². The first-order chi connectivity index (χ1) is 9.82. The highest BCUT2D eigenvalue weighted by Gasteiger charge is 2.31. The van der Waals surface area contributed by atoms with E-state index >= 15 is 0 Å². The second-order valence-electron chi connectivity index (χ2n) is 4.08. The lowest BCUT2D eigenvalue weighted by molar-refractivity contribution is -0.137. The van der Waals surface area contributed by atoms with Gasteiger partial charge in [0.05, 0.1) is 11.3 Å². The summed E-state index contributed by atoms with van der Waals surface area (Å²) >= 11 is 3.19. The van der Waals surface area contributed by atoms with E-state index in [1.807, 2.05) is 6.07 Å². The minimum absolute atomic E-state index is 0.0533. The summed E-state index contributed by atoms with van der Waals surface area (Å²) < 4.78 is 43.6. The summed E-state index contributed by atoms with van der Waals surface area (Å²) in [6.07, 6.45) is -4.47. The smallest absolute Gasteiger partial charge is 0.416 e. The number of rotatable bonds is 2. The Kier molecular flexibility index (Phi) is 4.09. The lowest BCUT2D eigenvalue weighted by Crippen LogP contribution is -2.06. The van der Waals surface area contributed by atoms with Crippen molar-refractivity contribution in [2.24, 2.45) is 0 Å². The Morgan fingerprint density at radius 2 is 1.86 bits per heavy atom. The number of nitrogens with zero attached hydrogens (tertiary/aromatic N) is 1. The number of nitrogens with two attached hydrogens (primary N) is 1. The van der Waals surface area contributed by atoms with E-state index in [1.165, 1.54) is 6.07 Å². The molecule has 0 unspecified atom stereocenters. The Hall–Kier alpha value is -2.20. The van der Waals surface area contributed by atoms with Gasteiger partial charge in [-0.05, 0) is 46.3 Å². The van der Waals surface area contributed by atoms with Gasteiger partial charge in [0.15, 0.2) is 0 Å². The van der Waals surface area contributed by atoms with Gasteiger partial charge in [0.2, 0.25) is 0 Å². The summed E-state index contributed by atoms with van der Waals surface area (Å²) in [7, 11) is 0. The molecular weight excluding hydrogens is 349 g/mol. The van der Waals surface area contributed by atoms with Gasteiger partial charge in [-0.2, -0.15) is 18.4 Å². The number of nitriles is 1. The third-order valence-electron chi connectivity index (χ3n) is 2.64. The SMILES string of the molecule is N#Cc1c(Br)cccc1Oc1ccc(C(F)(F)F)cc1N. The minimum atomic E-state index is -4.47. The molecule has 0 amide bonds. The van der Waals surface area contributed by atoms with Crippen LogP contribution in [0.15, 0.2) is 40.9 Å². The van der Waals surface area contributed by atoms with Gasteiger partial charge in [-0.25, -0.2) is 0 Å². The fraction of sp³-hybridized carbons (Fsp3) is 0.0714. The first-order valence-corrected chi connectivity index (χ1v) is 6.45. The van der Waals surface area contributed by atoms with E-state index in [2.05, 4.69) is 15.9 Å². The zero-order valence-corrected chi connectivity index (χ0v) is 12.0. The van der Waals surface area contributed by atoms with E-state index in [1.54, 1.807) is 12.1 Å². The van der Waals surface area contributed by atoms with Crippen LogP contribution in [0, 0.1) is 11.3 Å². The molecule has 0 heterocycles. The van der Waals surface area contributed by atoms with Crippen molar-refractivity contribution in [1.82, 2.24) is 0 Å². The van der Waals surface area contributed by atoms with Crippen molar-refractivity contribution in [2.75, 3.05) is 5.73 Å². The summed E-state index contributed by atoms with van der Waals surface area (Å²) in [5.41, 5.74) is 4.79. The van der Waals surface area contributed by atoms with E-state index in [0.29, 0.717) is 4.47 Å². The molecule has 0 saturated heterocycles. The molecule has 0 aliphatic rings. The normalized spacial score (nSPS) is 11.0. The van der Waals surface area contributed by atoms with Gasteiger partial charge in [-0.15, -0.1) is 0 Å². The molecule has 2 N–H and O–H groups in total.